The van der Waals surface area contributed by atoms with Crippen LogP contribution < -0.4 is 25.7 Å². The second-order valence-electron chi connectivity index (χ2n) is 4.68. The summed E-state index contributed by atoms with van der Waals surface area (Å²) in [4.78, 5) is 12.0. The van der Waals surface area contributed by atoms with Crippen LogP contribution in [0.25, 0.3) is 6.08 Å². The van der Waals surface area contributed by atoms with Gasteiger partial charge in [-0.15, -0.1) is 0 Å². The normalized spacial score (nSPS) is 10.5. The van der Waals surface area contributed by atoms with Crippen LogP contribution in [-0.2, 0) is 4.79 Å². The van der Waals surface area contributed by atoms with Crippen molar-refractivity contribution in [2.24, 2.45) is 0 Å². The molecule has 0 atom stereocenters. The quantitative estimate of drug-likeness (QED) is 0.381. The predicted molar refractivity (Wildman–Crippen MR) is 89.5 cm³/mol. The molecule has 0 fully saturated rings. The van der Waals surface area contributed by atoms with Gasteiger partial charge in [0.25, 0.3) is 0 Å². The highest BCUT2D eigenvalue weighted by Crippen LogP contribution is 2.39. The van der Waals surface area contributed by atoms with Gasteiger partial charge in [0.15, 0.2) is 11.5 Å². The molecule has 6 nitrogen and oxygen atoms in total. The van der Waals surface area contributed by atoms with E-state index in [-0.39, 0.29) is 5.75 Å². The molecule has 0 aromatic heterocycles. The maximum absolute atomic E-state index is 12.0. The average Bonchev–Trinajstić information content (AvgIpc) is 2.55. The van der Waals surface area contributed by atoms with Crippen LogP contribution in [0.15, 0.2) is 42.5 Å². The number of esters is 1. The molecule has 0 amide bonds. The molecule has 0 unspecified atom stereocenters. The van der Waals surface area contributed by atoms with Gasteiger partial charge in [-0.3, -0.25) is 0 Å². The Morgan fingerprint density at radius 2 is 1.52 bits per heavy atom. The van der Waals surface area contributed by atoms with Gasteiger partial charge in [-0.1, -0.05) is 12.1 Å². The molecule has 120 valence electrons. The van der Waals surface area contributed by atoms with E-state index in [1.54, 1.807) is 42.5 Å². The number of carbonyl (C=O) groups is 1. The van der Waals surface area contributed by atoms with Crippen LogP contribution in [0.2, 0.25) is 0 Å². The zero-order valence-electron chi connectivity index (χ0n) is 12.9. The lowest BCUT2D eigenvalue weighted by molar-refractivity contribution is -0.129. The molecule has 2 rings (SSSR count). The minimum absolute atomic E-state index is 0.177. The summed E-state index contributed by atoms with van der Waals surface area (Å²) >= 11 is 0. The van der Waals surface area contributed by atoms with Crippen molar-refractivity contribution in [1.29, 1.82) is 0 Å². The molecule has 0 aliphatic rings. The minimum Gasteiger partial charge on any atom is -0.493 e. The monoisotopic (exact) mass is 314 g/mol. The number of carbonyl (C=O) groups excluding carboxylic acids is 1. The highest BCUT2D eigenvalue weighted by Gasteiger charge is 2.15. The molecule has 6 heteroatoms. The summed E-state index contributed by atoms with van der Waals surface area (Å²) in [7, 11) is 2.91. The SMILES string of the molecule is COc1cc(N)cc(OC)c1OC(=O)/C=C/c1ccc(N)cc1. The Hall–Kier alpha value is -3.15. The Bertz CT molecular complexity index is 699. The molecule has 4 N–H and O–H groups in total. The van der Waals surface area contributed by atoms with Crippen molar-refractivity contribution < 1.29 is 19.0 Å². The first-order valence-electron chi connectivity index (χ1n) is 6.80. The van der Waals surface area contributed by atoms with E-state index in [1.807, 2.05) is 0 Å². The van der Waals surface area contributed by atoms with Crippen molar-refractivity contribution in [3.8, 4) is 17.2 Å². The minimum atomic E-state index is -0.566. The van der Waals surface area contributed by atoms with Crippen LogP contribution in [0.4, 0.5) is 11.4 Å². The summed E-state index contributed by atoms with van der Waals surface area (Å²) < 4.78 is 15.6. The van der Waals surface area contributed by atoms with Gasteiger partial charge < -0.3 is 25.7 Å². The maximum atomic E-state index is 12.0. The molecule has 0 saturated heterocycles. The van der Waals surface area contributed by atoms with Crippen LogP contribution in [-0.4, -0.2) is 20.2 Å². The zero-order chi connectivity index (χ0) is 16.8. The molecule has 0 bridgehead atoms. The fourth-order valence-electron chi connectivity index (χ4n) is 1.91. The van der Waals surface area contributed by atoms with Gasteiger partial charge in [-0.2, -0.15) is 0 Å². The van der Waals surface area contributed by atoms with Gasteiger partial charge in [0, 0.05) is 29.6 Å². The molecule has 0 radical (unpaired) electrons. The van der Waals surface area contributed by atoms with Crippen molar-refractivity contribution >= 4 is 23.4 Å². The van der Waals surface area contributed by atoms with E-state index in [4.69, 9.17) is 25.7 Å². The van der Waals surface area contributed by atoms with E-state index in [1.165, 1.54) is 20.3 Å². The summed E-state index contributed by atoms with van der Waals surface area (Å²) in [5.41, 5.74) is 13.3. The Labute approximate surface area is 134 Å². The van der Waals surface area contributed by atoms with Gasteiger partial charge >= 0.3 is 5.97 Å². The van der Waals surface area contributed by atoms with E-state index < -0.39 is 5.97 Å². The third-order valence-corrected chi connectivity index (χ3v) is 3.03. The van der Waals surface area contributed by atoms with Gasteiger partial charge in [0.1, 0.15) is 0 Å². The van der Waals surface area contributed by atoms with Crippen molar-refractivity contribution in [2.45, 2.75) is 0 Å². The van der Waals surface area contributed by atoms with Crippen molar-refractivity contribution in [1.82, 2.24) is 0 Å². The van der Waals surface area contributed by atoms with E-state index in [0.29, 0.717) is 22.9 Å². The topological polar surface area (TPSA) is 96.8 Å². The number of methoxy groups -OCH3 is 2. The van der Waals surface area contributed by atoms with Gasteiger partial charge in [0.2, 0.25) is 5.75 Å². The Morgan fingerprint density at radius 1 is 0.957 bits per heavy atom. The van der Waals surface area contributed by atoms with Crippen molar-refractivity contribution in [3.05, 3.63) is 48.0 Å². The molecule has 0 spiro atoms. The fourth-order valence-corrected chi connectivity index (χ4v) is 1.91. The van der Waals surface area contributed by atoms with Crippen LogP contribution in [0.1, 0.15) is 5.56 Å². The number of nitrogens with two attached hydrogens (primary N) is 2. The first-order chi connectivity index (χ1) is 11.0. The standard InChI is InChI=1S/C17H18N2O4/c1-21-14-9-13(19)10-15(22-2)17(14)23-16(20)8-5-11-3-6-12(18)7-4-11/h3-10H,18-19H2,1-2H3/b8-5+. The van der Waals surface area contributed by atoms with Gasteiger partial charge in [0.05, 0.1) is 14.2 Å². The molecular formula is C17H18N2O4. The molecule has 23 heavy (non-hydrogen) atoms. The molecule has 0 aliphatic carbocycles. The highest BCUT2D eigenvalue weighted by molar-refractivity contribution is 5.89. The average molecular weight is 314 g/mol. The Kier molecular flexibility index (Phi) is 5.09. The molecular weight excluding hydrogens is 296 g/mol. The Balaban J connectivity index is 2.18. The summed E-state index contributed by atoms with van der Waals surface area (Å²) in [6.07, 6.45) is 2.93. The second-order valence-corrected chi connectivity index (χ2v) is 4.68. The number of hydrogen-bond donors (Lipinski definition) is 2. The van der Waals surface area contributed by atoms with E-state index >= 15 is 0 Å². The molecule has 2 aromatic rings. The fraction of sp³-hybridized carbons (Fsp3) is 0.118. The number of anilines is 2. The number of rotatable bonds is 5. The maximum Gasteiger partial charge on any atom is 0.336 e. The summed E-state index contributed by atoms with van der Waals surface area (Å²) in [5.74, 6) is 0.242. The van der Waals surface area contributed by atoms with Crippen molar-refractivity contribution in [3.63, 3.8) is 0 Å². The number of hydrogen-bond acceptors (Lipinski definition) is 6. The molecule has 0 saturated carbocycles. The van der Waals surface area contributed by atoms with Crippen LogP contribution >= 0.6 is 0 Å². The smallest absolute Gasteiger partial charge is 0.336 e. The molecule has 0 heterocycles. The van der Waals surface area contributed by atoms with Gasteiger partial charge in [-0.25, -0.2) is 4.79 Å². The third-order valence-electron chi connectivity index (χ3n) is 3.03. The largest absolute Gasteiger partial charge is 0.493 e. The summed E-state index contributed by atoms with van der Waals surface area (Å²) in [6, 6.07) is 10.2. The zero-order valence-corrected chi connectivity index (χ0v) is 12.9. The lowest BCUT2D eigenvalue weighted by atomic mass is 10.2. The van der Waals surface area contributed by atoms with E-state index in [2.05, 4.69) is 0 Å². The third kappa shape index (κ3) is 4.16. The first-order valence-corrected chi connectivity index (χ1v) is 6.80. The lowest BCUT2D eigenvalue weighted by Gasteiger charge is -2.13. The number of nitrogen functional groups attached to an aromatic ring is 2. The summed E-state index contributed by atoms with van der Waals surface area (Å²) in [6.45, 7) is 0. The first kappa shape index (κ1) is 16.2. The van der Waals surface area contributed by atoms with Crippen molar-refractivity contribution in [2.75, 3.05) is 25.7 Å². The highest BCUT2D eigenvalue weighted by atomic mass is 16.6. The molecule has 2 aromatic carbocycles. The predicted octanol–water partition coefficient (Wildman–Crippen LogP) is 2.49. The Morgan fingerprint density at radius 3 is 2.04 bits per heavy atom. The molecule has 0 aliphatic heterocycles. The summed E-state index contributed by atoms with van der Waals surface area (Å²) in [5, 5.41) is 0. The number of benzene rings is 2. The van der Waals surface area contributed by atoms with Gasteiger partial charge in [-0.05, 0) is 23.8 Å². The lowest BCUT2D eigenvalue weighted by Crippen LogP contribution is -2.07. The van der Waals surface area contributed by atoms with E-state index in [0.717, 1.165) is 5.56 Å². The second kappa shape index (κ2) is 7.22. The van der Waals surface area contributed by atoms with E-state index in [9.17, 15) is 4.79 Å². The van der Waals surface area contributed by atoms with Crippen LogP contribution in [0, 0.1) is 0 Å². The van der Waals surface area contributed by atoms with Crippen LogP contribution in [0.3, 0.4) is 0 Å². The number of ether oxygens (including phenoxy) is 3. The van der Waals surface area contributed by atoms with Crippen LogP contribution in [0.5, 0.6) is 17.2 Å².